The summed E-state index contributed by atoms with van der Waals surface area (Å²) in [6.45, 7) is 3.80. The average molecular weight is 317 g/mol. The van der Waals surface area contributed by atoms with Crippen molar-refractivity contribution in [1.29, 1.82) is 0 Å². The van der Waals surface area contributed by atoms with Crippen LogP contribution in [-0.4, -0.2) is 35.6 Å². The SMILES string of the molecule is CC(O)CCN(C)C(=O)CC(C)c1cccc(C(F)(F)F)c1. The zero-order chi connectivity index (χ0) is 16.9. The molecule has 1 amide bonds. The Bertz CT molecular complexity index is 500. The van der Waals surface area contributed by atoms with Gasteiger partial charge in [-0.3, -0.25) is 4.79 Å². The van der Waals surface area contributed by atoms with E-state index in [0.717, 1.165) is 12.1 Å². The molecule has 0 fully saturated rings. The lowest BCUT2D eigenvalue weighted by atomic mass is 9.95. The maximum atomic E-state index is 12.7. The number of aliphatic hydroxyl groups excluding tert-OH is 1. The molecule has 6 heteroatoms. The third kappa shape index (κ3) is 5.67. The quantitative estimate of drug-likeness (QED) is 0.873. The lowest BCUT2D eigenvalue weighted by Crippen LogP contribution is -2.30. The fourth-order valence-corrected chi connectivity index (χ4v) is 2.06. The molecule has 1 aromatic carbocycles. The van der Waals surface area contributed by atoms with Crippen molar-refractivity contribution in [2.75, 3.05) is 13.6 Å². The molecule has 2 unspecified atom stereocenters. The maximum Gasteiger partial charge on any atom is 0.416 e. The summed E-state index contributed by atoms with van der Waals surface area (Å²) in [7, 11) is 1.63. The van der Waals surface area contributed by atoms with Crippen LogP contribution in [0.15, 0.2) is 24.3 Å². The van der Waals surface area contributed by atoms with E-state index < -0.39 is 17.8 Å². The third-order valence-corrected chi connectivity index (χ3v) is 3.57. The van der Waals surface area contributed by atoms with Gasteiger partial charge in [0, 0.05) is 20.0 Å². The highest BCUT2D eigenvalue weighted by Gasteiger charge is 2.30. The van der Waals surface area contributed by atoms with Crippen molar-refractivity contribution in [1.82, 2.24) is 4.90 Å². The van der Waals surface area contributed by atoms with Gasteiger partial charge < -0.3 is 10.0 Å². The van der Waals surface area contributed by atoms with Crippen LogP contribution < -0.4 is 0 Å². The van der Waals surface area contributed by atoms with Gasteiger partial charge in [-0.2, -0.15) is 13.2 Å². The van der Waals surface area contributed by atoms with Crippen LogP contribution in [-0.2, 0) is 11.0 Å². The van der Waals surface area contributed by atoms with Crippen LogP contribution in [0, 0.1) is 0 Å². The Morgan fingerprint density at radius 2 is 1.95 bits per heavy atom. The Hall–Kier alpha value is -1.56. The Morgan fingerprint density at radius 1 is 1.32 bits per heavy atom. The van der Waals surface area contributed by atoms with E-state index in [9.17, 15) is 23.1 Å². The minimum Gasteiger partial charge on any atom is -0.393 e. The first-order valence-electron chi connectivity index (χ1n) is 7.20. The van der Waals surface area contributed by atoms with Crippen LogP contribution in [0.1, 0.15) is 43.7 Å². The summed E-state index contributed by atoms with van der Waals surface area (Å²) in [6.07, 6.45) is -4.26. The molecule has 0 bridgehead atoms. The van der Waals surface area contributed by atoms with Crippen molar-refractivity contribution < 1.29 is 23.1 Å². The van der Waals surface area contributed by atoms with E-state index in [4.69, 9.17) is 0 Å². The summed E-state index contributed by atoms with van der Waals surface area (Å²) < 4.78 is 38.1. The molecular weight excluding hydrogens is 295 g/mol. The van der Waals surface area contributed by atoms with Gasteiger partial charge in [-0.15, -0.1) is 0 Å². The molecule has 0 spiro atoms. The van der Waals surface area contributed by atoms with Gasteiger partial charge in [-0.05, 0) is 30.9 Å². The Balaban J connectivity index is 2.68. The van der Waals surface area contributed by atoms with E-state index in [2.05, 4.69) is 0 Å². The van der Waals surface area contributed by atoms with Gasteiger partial charge in [0.05, 0.1) is 11.7 Å². The van der Waals surface area contributed by atoms with Crippen molar-refractivity contribution in [3.8, 4) is 0 Å². The first-order chi connectivity index (χ1) is 10.1. The molecule has 0 heterocycles. The second kappa shape index (κ2) is 7.63. The topological polar surface area (TPSA) is 40.5 Å². The summed E-state index contributed by atoms with van der Waals surface area (Å²) >= 11 is 0. The molecule has 1 aromatic rings. The zero-order valence-corrected chi connectivity index (χ0v) is 13.0. The van der Waals surface area contributed by atoms with Gasteiger partial charge >= 0.3 is 6.18 Å². The second-order valence-corrected chi connectivity index (χ2v) is 5.68. The van der Waals surface area contributed by atoms with Crippen molar-refractivity contribution in [2.24, 2.45) is 0 Å². The molecule has 0 aliphatic heterocycles. The lowest BCUT2D eigenvalue weighted by Gasteiger charge is -2.21. The predicted octanol–water partition coefficient (Wildman–Crippen LogP) is 3.43. The molecule has 0 saturated heterocycles. The van der Waals surface area contributed by atoms with Crippen LogP contribution in [0.4, 0.5) is 13.2 Å². The van der Waals surface area contributed by atoms with Crippen molar-refractivity contribution in [2.45, 2.75) is 44.9 Å². The van der Waals surface area contributed by atoms with E-state index in [1.807, 2.05) is 0 Å². The normalized spacial score (nSPS) is 14.5. The van der Waals surface area contributed by atoms with Crippen LogP contribution in [0.2, 0.25) is 0 Å². The molecule has 0 aliphatic carbocycles. The molecule has 1 rings (SSSR count). The molecule has 1 N–H and O–H groups in total. The lowest BCUT2D eigenvalue weighted by molar-refractivity contribution is -0.137. The summed E-state index contributed by atoms with van der Waals surface area (Å²) in [6, 6.07) is 5.07. The fraction of sp³-hybridized carbons (Fsp3) is 0.562. The van der Waals surface area contributed by atoms with Crippen molar-refractivity contribution >= 4 is 5.91 Å². The number of rotatable bonds is 6. The van der Waals surface area contributed by atoms with Crippen LogP contribution >= 0.6 is 0 Å². The summed E-state index contributed by atoms with van der Waals surface area (Å²) in [5.74, 6) is -0.450. The Morgan fingerprint density at radius 3 is 2.50 bits per heavy atom. The largest absolute Gasteiger partial charge is 0.416 e. The number of alkyl halides is 3. The summed E-state index contributed by atoms with van der Waals surface area (Å²) in [5, 5.41) is 9.21. The fourth-order valence-electron chi connectivity index (χ4n) is 2.06. The predicted molar refractivity (Wildman–Crippen MR) is 78.4 cm³/mol. The third-order valence-electron chi connectivity index (χ3n) is 3.57. The van der Waals surface area contributed by atoms with Gasteiger partial charge in [0.1, 0.15) is 0 Å². The zero-order valence-electron chi connectivity index (χ0n) is 13.0. The molecule has 124 valence electrons. The van der Waals surface area contributed by atoms with Crippen molar-refractivity contribution in [3.05, 3.63) is 35.4 Å². The number of aliphatic hydroxyl groups is 1. The van der Waals surface area contributed by atoms with Gasteiger partial charge in [-0.25, -0.2) is 0 Å². The van der Waals surface area contributed by atoms with Crippen LogP contribution in [0.5, 0.6) is 0 Å². The maximum absolute atomic E-state index is 12.7. The molecular formula is C16H22F3NO2. The molecule has 2 atom stereocenters. The van der Waals surface area contributed by atoms with E-state index in [-0.39, 0.29) is 18.2 Å². The number of halogens is 3. The van der Waals surface area contributed by atoms with E-state index in [1.165, 1.54) is 11.0 Å². The summed E-state index contributed by atoms with van der Waals surface area (Å²) in [4.78, 5) is 13.5. The summed E-state index contributed by atoms with van der Waals surface area (Å²) in [5.41, 5.74) is -0.209. The number of carbonyl (C=O) groups excluding carboxylic acids is 1. The number of carbonyl (C=O) groups is 1. The Kier molecular flexibility index (Phi) is 6.41. The highest BCUT2D eigenvalue weighted by Crippen LogP contribution is 2.31. The van der Waals surface area contributed by atoms with Gasteiger partial charge in [0.15, 0.2) is 0 Å². The van der Waals surface area contributed by atoms with Crippen LogP contribution in [0.25, 0.3) is 0 Å². The van der Waals surface area contributed by atoms with Crippen LogP contribution in [0.3, 0.4) is 0 Å². The minimum atomic E-state index is -4.38. The monoisotopic (exact) mass is 317 g/mol. The molecule has 0 aliphatic rings. The van der Waals surface area contributed by atoms with Gasteiger partial charge in [0.25, 0.3) is 0 Å². The smallest absolute Gasteiger partial charge is 0.393 e. The van der Waals surface area contributed by atoms with Crippen molar-refractivity contribution in [3.63, 3.8) is 0 Å². The molecule has 0 aromatic heterocycles. The number of benzene rings is 1. The standard InChI is InChI=1S/C16H22F3NO2/c1-11(9-15(22)20(3)8-7-12(2)21)13-5-4-6-14(10-13)16(17,18)19/h4-6,10-12,21H,7-9H2,1-3H3. The molecule has 0 radical (unpaired) electrons. The molecule has 3 nitrogen and oxygen atoms in total. The Labute approximate surface area is 128 Å². The molecule has 22 heavy (non-hydrogen) atoms. The molecule has 0 saturated carbocycles. The highest BCUT2D eigenvalue weighted by atomic mass is 19.4. The average Bonchev–Trinajstić information content (AvgIpc) is 2.43. The van der Waals surface area contributed by atoms with Gasteiger partial charge in [0.2, 0.25) is 5.91 Å². The van der Waals surface area contributed by atoms with E-state index in [0.29, 0.717) is 18.5 Å². The minimum absolute atomic E-state index is 0.137. The highest BCUT2D eigenvalue weighted by molar-refractivity contribution is 5.76. The number of hydrogen-bond acceptors (Lipinski definition) is 2. The first kappa shape index (κ1) is 18.5. The van der Waals surface area contributed by atoms with E-state index in [1.54, 1.807) is 27.0 Å². The van der Waals surface area contributed by atoms with Gasteiger partial charge in [-0.1, -0.05) is 25.1 Å². The number of nitrogens with zero attached hydrogens (tertiary/aromatic N) is 1. The number of hydrogen-bond donors (Lipinski definition) is 1. The number of amides is 1. The first-order valence-corrected chi connectivity index (χ1v) is 7.20. The van der Waals surface area contributed by atoms with E-state index >= 15 is 0 Å². The second-order valence-electron chi connectivity index (χ2n) is 5.68.